The van der Waals surface area contributed by atoms with Crippen LogP contribution < -0.4 is 5.32 Å². The zero-order chi connectivity index (χ0) is 13.1. The Morgan fingerprint density at radius 1 is 1.33 bits per heavy atom. The van der Waals surface area contributed by atoms with Gasteiger partial charge in [-0.2, -0.15) is 0 Å². The Hall–Kier alpha value is -0.130. The van der Waals surface area contributed by atoms with E-state index in [4.69, 9.17) is 4.74 Å². The van der Waals surface area contributed by atoms with Crippen molar-refractivity contribution in [1.82, 2.24) is 5.32 Å². The van der Waals surface area contributed by atoms with Crippen molar-refractivity contribution in [2.75, 3.05) is 25.2 Å². The third kappa shape index (κ3) is 4.21. The predicted octanol–water partition coefficient (Wildman–Crippen LogP) is 1.50. The molecule has 18 heavy (non-hydrogen) atoms. The van der Waals surface area contributed by atoms with Crippen molar-refractivity contribution in [3.8, 4) is 0 Å². The van der Waals surface area contributed by atoms with Gasteiger partial charge in [-0.05, 0) is 38.6 Å². The summed E-state index contributed by atoms with van der Waals surface area (Å²) in [5.41, 5.74) is 0.146. The van der Waals surface area contributed by atoms with Gasteiger partial charge in [0.15, 0.2) is 0 Å². The average Bonchev–Trinajstić information content (AvgIpc) is 2.72. The van der Waals surface area contributed by atoms with Crippen LogP contribution in [0.15, 0.2) is 0 Å². The first-order chi connectivity index (χ1) is 8.49. The van der Waals surface area contributed by atoms with Gasteiger partial charge in [0.05, 0.1) is 11.4 Å². The second-order valence-corrected chi connectivity index (χ2v) is 8.13. The molecule has 1 heterocycles. The molecule has 0 aromatic rings. The van der Waals surface area contributed by atoms with Gasteiger partial charge in [-0.3, -0.25) is 0 Å². The number of nitrogens with one attached hydrogen (secondary N) is 1. The first-order valence-corrected chi connectivity index (χ1v) is 9.10. The van der Waals surface area contributed by atoms with Crippen molar-refractivity contribution in [2.45, 2.75) is 56.6 Å². The zero-order valence-corrected chi connectivity index (χ0v) is 12.1. The lowest BCUT2D eigenvalue weighted by atomic mass is 9.89. The Morgan fingerprint density at radius 3 is 2.72 bits per heavy atom. The maximum atomic E-state index is 11.0. The van der Waals surface area contributed by atoms with E-state index in [0.717, 1.165) is 26.0 Å². The molecule has 2 rings (SSSR count). The minimum absolute atomic E-state index is 0.146. The average molecular weight is 275 g/mol. The van der Waals surface area contributed by atoms with E-state index in [9.17, 15) is 8.42 Å². The largest absolute Gasteiger partial charge is 0.375 e. The lowest BCUT2D eigenvalue weighted by Crippen LogP contribution is -2.45. The molecule has 4 nitrogen and oxygen atoms in total. The molecule has 0 radical (unpaired) electrons. The van der Waals surface area contributed by atoms with E-state index in [-0.39, 0.29) is 11.4 Å². The summed E-state index contributed by atoms with van der Waals surface area (Å²) in [4.78, 5) is 0. The standard InChI is InChI=1S/C13H25NO3S/c1-18(15,16)10-4-8-14-12-5-9-17-13(11-12)6-2-3-7-13/h12,14H,2-11H2,1H3. The molecule has 1 aliphatic heterocycles. The molecule has 1 unspecified atom stereocenters. The summed E-state index contributed by atoms with van der Waals surface area (Å²) < 4.78 is 28.1. The van der Waals surface area contributed by atoms with Crippen molar-refractivity contribution < 1.29 is 13.2 Å². The summed E-state index contributed by atoms with van der Waals surface area (Å²) in [5, 5.41) is 3.50. The molecule has 0 aromatic heterocycles. The minimum atomic E-state index is -2.81. The highest BCUT2D eigenvalue weighted by molar-refractivity contribution is 7.90. The Kier molecular flexibility index (Phi) is 4.67. The molecule has 0 aromatic carbocycles. The molecule has 0 bridgehead atoms. The number of hydrogen-bond acceptors (Lipinski definition) is 4. The Bertz CT molecular complexity index is 360. The van der Waals surface area contributed by atoms with Crippen molar-refractivity contribution in [2.24, 2.45) is 0 Å². The number of sulfone groups is 1. The van der Waals surface area contributed by atoms with Crippen LogP contribution in [0.5, 0.6) is 0 Å². The quantitative estimate of drug-likeness (QED) is 0.773. The summed E-state index contributed by atoms with van der Waals surface area (Å²) in [6.07, 6.45) is 9.16. The summed E-state index contributed by atoms with van der Waals surface area (Å²) in [6, 6.07) is 0.511. The third-order valence-corrected chi connectivity index (χ3v) is 5.16. The minimum Gasteiger partial charge on any atom is -0.375 e. The van der Waals surface area contributed by atoms with E-state index in [1.165, 1.54) is 31.9 Å². The summed E-state index contributed by atoms with van der Waals surface area (Å²) >= 11 is 0. The van der Waals surface area contributed by atoms with Gasteiger partial charge in [-0.25, -0.2) is 8.42 Å². The van der Waals surface area contributed by atoms with E-state index in [0.29, 0.717) is 12.5 Å². The van der Waals surface area contributed by atoms with Crippen LogP contribution in [0, 0.1) is 0 Å². The molecule has 1 saturated heterocycles. The van der Waals surface area contributed by atoms with Crippen molar-refractivity contribution in [3.63, 3.8) is 0 Å². The van der Waals surface area contributed by atoms with Crippen LogP contribution in [0.25, 0.3) is 0 Å². The van der Waals surface area contributed by atoms with Crippen LogP contribution in [0.4, 0.5) is 0 Å². The molecule has 1 saturated carbocycles. The third-order valence-electron chi connectivity index (χ3n) is 4.13. The molecular weight excluding hydrogens is 250 g/mol. The van der Waals surface area contributed by atoms with Crippen LogP contribution in [0.2, 0.25) is 0 Å². The van der Waals surface area contributed by atoms with Crippen LogP contribution in [0.1, 0.15) is 44.9 Å². The Labute approximate surface area is 110 Å². The zero-order valence-electron chi connectivity index (χ0n) is 11.3. The van der Waals surface area contributed by atoms with Gasteiger partial charge in [-0.1, -0.05) is 12.8 Å². The number of hydrogen-bond donors (Lipinski definition) is 1. The van der Waals surface area contributed by atoms with Crippen molar-refractivity contribution >= 4 is 9.84 Å². The van der Waals surface area contributed by atoms with Crippen molar-refractivity contribution in [1.29, 1.82) is 0 Å². The maximum absolute atomic E-state index is 11.0. The monoisotopic (exact) mass is 275 g/mol. The molecule has 106 valence electrons. The molecule has 0 amide bonds. The van der Waals surface area contributed by atoms with Gasteiger partial charge in [0.2, 0.25) is 0 Å². The van der Waals surface area contributed by atoms with Crippen LogP contribution in [-0.2, 0) is 14.6 Å². The van der Waals surface area contributed by atoms with E-state index in [2.05, 4.69) is 5.32 Å². The SMILES string of the molecule is CS(=O)(=O)CCCNC1CCOC2(CCCC2)C1. The first kappa shape index (κ1) is 14.3. The smallest absolute Gasteiger partial charge is 0.147 e. The lowest BCUT2D eigenvalue weighted by molar-refractivity contribution is -0.0835. The van der Waals surface area contributed by atoms with Gasteiger partial charge in [0.1, 0.15) is 9.84 Å². The number of rotatable bonds is 5. The lowest BCUT2D eigenvalue weighted by Gasteiger charge is -2.38. The van der Waals surface area contributed by atoms with E-state index >= 15 is 0 Å². The second kappa shape index (κ2) is 5.88. The molecule has 2 fully saturated rings. The summed E-state index contributed by atoms with van der Waals surface area (Å²) in [7, 11) is -2.81. The fourth-order valence-corrected chi connectivity index (χ4v) is 3.88. The topological polar surface area (TPSA) is 55.4 Å². The van der Waals surface area contributed by atoms with E-state index in [1.54, 1.807) is 0 Å². The first-order valence-electron chi connectivity index (χ1n) is 7.04. The van der Waals surface area contributed by atoms with Crippen molar-refractivity contribution in [3.05, 3.63) is 0 Å². The van der Waals surface area contributed by atoms with Gasteiger partial charge in [0, 0.05) is 18.9 Å². The molecule has 1 atom stereocenters. The van der Waals surface area contributed by atoms with Crippen LogP contribution in [0.3, 0.4) is 0 Å². The van der Waals surface area contributed by atoms with Crippen LogP contribution >= 0.6 is 0 Å². The molecule has 1 N–H and O–H groups in total. The maximum Gasteiger partial charge on any atom is 0.147 e. The van der Waals surface area contributed by atoms with Gasteiger partial charge >= 0.3 is 0 Å². The van der Waals surface area contributed by atoms with Gasteiger partial charge in [0.25, 0.3) is 0 Å². The predicted molar refractivity (Wildman–Crippen MR) is 72.5 cm³/mol. The van der Waals surface area contributed by atoms with Crippen LogP contribution in [-0.4, -0.2) is 45.2 Å². The number of ether oxygens (including phenoxy) is 1. The highest BCUT2D eigenvalue weighted by Gasteiger charge is 2.39. The fraction of sp³-hybridized carbons (Fsp3) is 1.00. The van der Waals surface area contributed by atoms with Gasteiger partial charge in [-0.15, -0.1) is 0 Å². The van der Waals surface area contributed by atoms with E-state index in [1.807, 2.05) is 0 Å². The van der Waals surface area contributed by atoms with Gasteiger partial charge < -0.3 is 10.1 Å². The molecule has 5 heteroatoms. The molecule has 1 aliphatic carbocycles. The van der Waals surface area contributed by atoms with E-state index < -0.39 is 9.84 Å². The Morgan fingerprint density at radius 2 is 2.06 bits per heavy atom. The molecular formula is C13H25NO3S. The second-order valence-electron chi connectivity index (χ2n) is 5.87. The summed E-state index contributed by atoms with van der Waals surface area (Å²) in [5.74, 6) is 0.286. The fourth-order valence-electron chi connectivity index (χ4n) is 3.21. The highest BCUT2D eigenvalue weighted by atomic mass is 32.2. The normalized spacial score (nSPS) is 27.7. The molecule has 1 spiro atoms. The summed E-state index contributed by atoms with van der Waals surface area (Å²) in [6.45, 7) is 1.65. The highest BCUT2D eigenvalue weighted by Crippen LogP contribution is 2.39. The Balaban J connectivity index is 1.70. The molecule has 2 aliphatic rings.